The van der Waals surface area contributed by atoms with Gasteiger partial charge in [0.1, 0.15) is 0 Å². The van der Waals surface area contributed by atoms with Crippen molar-refractivity contribution in [3.8, 4) is 12.3 Å². The number of hydrogen-bond acceptors (Lipinski definition) is 3. The molecule has 2 N–H and O–H groups in total. The van der Waals surface area contributed by atoms with E-state index >= 15 is 0 Å². The zero-order valence-corrected chi connectivity index (χ0v) is 16.6. The van der Waals surface area contributed by atoms with E-state index in [2.05, 4.69) is 28.4 Å². The number of aliphatic imine (C=N–C) groups is 1. The summed E-state index contributed by atoms with van der Waals surface area (Å²) in [4.78, 5) is 7.45. The molecule has 0 spiro atoms. The third-order valence-electron chi connectivity index (χ3n) is 4.70. The molecule has 0 amide bonds. The molecule has 0 aromatic rings. The summed E-state index contributed by atoms with van der Waals surface area (Å²) < 4.78 is 5.53. The number of terminal acetylenes is 1. The van der Waals surface area contributed by atoms with Crippen molar-refractivity contribution in [3.05, 3.63) is 0 Å². The van der Waals surface area contributed by atoms with Crippen molar-refractivity contribution in [3.63, 3.8) is 0 Å². The molecule has 0 bridgehead atoms. The van der Waals surface area contributed by atoms with Crippen LogP contribution in [0, 0.1) is 12.3 Å². The Kier molecular flexibility index (Phi) is 9.91. The van der Waals surface area contributed by atoms with E-state index in [1.165, 1.54) is 32.1 Å². The third kappa shape index (κ3) is 6.12. The van der Waals surface area contributed by atoms with Gasteiger partial charge in [-0.3, -0.25) is 9.89 Å². The predicted molar refractivity (Wildman–Crippen MR) is 106 cm³/mol. The molecule has 0 unspecified atom stereocenters. The molecule has 6 heteroatoms. The monoisotopic (exact) mass is 434 g/mol. The van der Waals surface area contributed by atoms with Gasteiger partial charge in [0.2, 0.25) is 0 Å². The first-order valence-electron chi connectivity index (χ1n) is 8.59. The van der Waals surface area contributed by atoms with E-state index in [0.717, 1.165) is 45.4 Å². The van der Waals surface area contributed by atoms with E-state index in [1.54, 1.807) is 0 Å². The number of rotatable bonds is 5. The molecule has 1 aliphatic heterocycles. The average Bonchev–Trinajstić information content (AvgIpc) is 2.59. The SMILES string of the molecule is C#CCNC(=NCC1(N2CCOCC2)CCCCC1)NCC.I. The Morgan fingerprint density at radius 1 is 1.22 bits per heavy atom. The van der Waals surface area contributed by atoms with Crippen LogP contribution in [-0.4, -0.2) is 62.3 Å². The molecule has 0 radical (unpaired) electrons. The highest BCUT2D eigenvalue weighted by Gasteiger charge is 2.38. The lowest BCUT2D eigenvalue weighted by Gasteiger charge is -2.47. The first-order valence-corrected chi connectivity index (χ1v) is 8.59. The maximum absolute atomic E-state index is 5.53. The van der Waals surface area contributed by atoms with Crippen molar-refractivity contribution < 1.29 is 4.74 Å². The number of hydrogen-bond donors (Lipinski definition) is 2. The molecule has 2 fully saturated rings. The summed E-state index contributed by atoms with van der Waals surface area (Å²) in [5.41, 5.74) is 0.209. The summed E-state index contributed by atoms with van der Waals surface area (Å²) in [7, 11) is 0. The van der Waals surface area contributed by atoms with Gasteiger partial charge in [-0.1, -0.05) is 25.2 Å². The quantitative estimate of drug-likeness (QED) is 0.300. The van der Waals surface area contributed by atoms with Crippen LogP contribution in [0.15, 0.2) is 4.99 Å². The lowest BCUT2D eigenvalue weighted by molar-refractivity contribution is -0.0333. The largest absolute Gasteiger partial charge is 0.379 e. The van der Waals surface area contributed by atoms with Crippen LogP contribution in [0.1, 0.15) is 39.0 Å². The summed E-state index contributed by atoms with van der Waals surface area (Å²) >= 11 is 0. The Labute approximate surface area is 158 Å². The molecule has 1 heterocycles. The summed E-state index contributed by atoms with van der Waals surface area (Å²) in [5.74, 6) is 3.44. The second-order valence-corrected chi connectivity index (χ2v) is 6.14. The molecule has 0 aromatic carbocycles. The molecule has 0 aromatic heterocycles. The summed E-state index contributed by atoms with van der Waals surface area (Å²) in [6, 6.07) is 0. The van der Waals surface area contributed by atoms with Crippen molar-refractivity contribution in [1.82, 2.24) is 15.5 Å². The van der Waals surface area contributed by atoms with Gasteiger partial charge in [-0.15, -0.1) is 30.4 Å². The average molecular weight is 434 g/mol. The highest BCUT2D eigenvalue weighted by molar-refractivity contribution is 14.0. The van der Waals surface area contributed by atoms with E-state index in [-0.39, 0.29) is 29.5 Å². The fourth-order valence-corrected chi connectivity index (χ4v) is 3.52. The van der Waals surface area contributed by atoms with Crippen LogP contribution in [0.25, 0.3) is 0 Å². The van der Waals surface area contributed by atoms with Gasteiger partial charge in [-0.2, -0.15) is 0 Å². The van der Waals surface area contributed by atoms with Crippen LogP contribution < -0.4 is 10.6 Å². The Hall–Kier alpha value is -0.520. The fourth-order valence-electron chi connectivity index (χ4n) is 3.52. The first-order chi connectivity index (χ1) is 10.8. The van der Waals surface area contributed by atoms with Gasteiger partial charge in [0.25, 0.3) is 0 Å². The maximum atomic E-state index is 5.53. The zero-order valence-electron chi connectivity index (χ0n) is 14.3. The molecule has 23 heavy (non-hydrogen) atoms. The molecule has 132 valence electrons. The van der Waals surface area contributed by atoms with Crippen LogP contribution in [0.5, 0.6) is 0 Å². The Morgan fingerprint density at radius 3 is 2.52 bits per heavy atom. The number of nitrogens with zero attached hydrogens (tertiary/aromatic N) is 2. The van der Waals surface area contributed by atoms with Gasteiger partial charge in [-0.05, 0) is 19.8 Å². The second-order valence-electron chi connectivity index (χ2n) is 6.14. The van der Waals surface area contributed by atoms with Crippen molar-refractivity contribution in [2.75, 3.05) is 45.9 Å². The number of guanidine groups is 1. The maximum Gasteiger partial charge on any atom is 0.192 e. The molecule has 1 saturated carbocycles. The Balaban J connectivity index is 0.00000264. The van der Waals surface area contributed by atoms with E-state index in [1.807, 2.05) is 0 Å². The summed E-state index contributed by atoms with van der Waals surface area (Å²) in [6.45, 7) is 8.03. The number of halogens is 1. The van der Waals surface area contributed by atoms with Crippen LogP contribution in [0.2, 0.25) is 0 Å². The van der Waals surface area contributed by atoms with Crippen LogP contribution in [0.3, 0.4) is 0 Å². The minimum Gasteiger partial charge on any atom is -0.379 e. The van der Waals surface area contributed by atoms with Gasteiger partial charge >= 0.3 is 0 Å². The molecular weight excluding hydrogens is 403 g/mol. The van der Waals surface area contributed by atoms with Crippen molar-refractivity contribution in [2.45, 2.75) is 44.6 Å². The minimum atomic E-state index is 0. The molecule has 1 aliphatic carbocycles. The van der Waals surface area contributed by atoms with E-state index in [0.29, 0.717) is 6.54 Å². The van der Waals surface area contributed by atoms with Crippen LogP contribution in [-0.2, 0) is 4.74 Å². The van der Waals surface area contributed by atoms with Gasteiger partial charge in [0, 0.05) is 25.2 Å². The Bertz CT molecular complexity index is 396. The van der Waals surface area contributed by atoms with Crippen molar-refractivity contribution >= 4 is 29.9 Å². The normalized spacial score (nSPS) is 21.8. The topological polar surface area (TPSA) is 48.9 Å². The highest BCUT2D eigenvalue weighted by atomic mass is 127. The number of nitrogens with one attached hydrogen (secondary N) is 2. The van der Waals surface area contributed by atoms with Crippen LogP contribution in [0.4, 0.5) is 0 Å². The van der Waals surface area contributed by atoms with Gasteiger partial charge in [0.05, 0.1) is 26.3 Å². The zero-order chi connectivity index (χ0) is 15.7. The number of ether oxygens (including phenoxy) is 1. The van der Waals surface area contributed by atoms with Gasteiger partial charge in [-0.25, -0.2) is 0 Å². The van der Waals surface area contributed by atoms with Crippen LogP contribution >= 0.6 is 24.0 Å². The third-order valence-corrected chi connectivity index (χ3v) is 4.70. The standard InChI is InChI=1S/C17H30N4O.HI/c1-3-10-19-16(18-4-2)20-15-17(8-6-5-7-9-17)21-11-13-22-14-12-21;/h1H,4-15H2,2H3,(H2,18,19,20);1H. The molecule has 1 saturated heterocycles. The second kappa shape index (κ2) is 11.1. The molecule has 2 aliphatic rings. The lowest BCUT2D eigenvalue weighted by Crippen LogP contribution is -2.56. The fraction of sp³-hybridized carbons (Fsp3) is 0.824. The predicted octanol–water partition coefficient (Wildman–Crippen LogP) is 1.83. The first kappa shape index (κ1) is 20.5. The molecule has 2 rings (SSSR count). The van der Waals surface area contributed by atoms with Gasteiger partial charge < -0.3 is 15.4 Å². The van der Waals surface area contributed by atoms with E-state index in [4.69, 9.17) is 16.2 Å². The highest BCUT2D eigenvalue weighted by Crippen LogP contribution is 2.34. The van der Waals surface area contributed by atoms with Crippen molar-refractivity contribution in [1.29, 1.82) is 0 Å². The molecule has 5 nitrogen and oxygen atoms in total. The van der Waals surface area contributed by atoms with E-state index < -0.39 is 0 Å². The number of morpholine rings is 1. The molecular formula is C17H31IN4O. The van der Waals surface area contributed by atoms with E-state index in [9.17, 15) is 0 Å². The van der Waals surface area contributed by atoms with Gasteiger partial charge in [0.15, 0.2) is 5.96 Å². The smallest absolute Gasteiger partial charge is 0.192 e. The Morgan fingerprint density at radius 2 is 1.91 bits per heavy atom. The lowest BCUT2D eigenvalue weighted by atomic mass is 9.80. The van der Waals surface area contributed by atoms with Crippen molar-refractivity contribution in [2.24, 2.45) is 4.99 Å². The minimum absolute atomic E-state index is 0. The summed E-state index contributed by atoms with van der Waals surface area (Å²) in [5, 5.41) is 6.47. The molecule has 0 atom stereocenters. The summed E-state index contributed by atoms with van der Waals surface area (Å²) in [6.07, 6.45) is 11.8.